The zero-order valence-corrected chi connectivity index (χ0v) is 26.5. The lowest BCUT2D eigenvalue weighted by Gasteiger charge is -2.35. The van der Waals surface area contributed by atoms with Crippen molar-refractivity contribution < 1.29 is 0 Å². The van der Waals surface area contributed by atoms with Crippen LogP contribution in [-0.2, 0) is 5.41 Å². The second kappa shape index (κ2) is 9.64. The molecule has 0 amide bonds. The molecule has 0 fully saturated rings. The molecule has 0 saturated carbocycles. The van der Waals surface area contributed by atoms with Gasteiger partial charge in [0.05, 0.1) is 0 Å². The quantitative estimate of drug-likeness (QED) is 0.138. The Hall–Kier alpha value is -5.72. The van der Waals surface area contributed by atoms with E-state index in [1.807, 2.05) is 0 Å². The van der Waals surface area contributed by atoms with Crippen LogP contribution in [0.25, 0.3) is 87.2 Å². The number of hydrogen-bond donors (Lipinski definition) is 0. The molecule has 1 aliphatic rings. The van der Waals surface area contributed by atoms with Crippen LogP contribution in [0.2, 0.25) is 0 Å². The molecule has 220 valence electrons. The van der Waals surface area contributed by atoms with Gasteiger partial charge in [-0.25, -0.2) is 0 Å². The average molecular weight is 597 g/mol. The van der Waals surface area contributed by atoms with Crippen molar-refractivity contribution in [2.75, 3.05) is 0 Å². The smallest absolute Gasteiger partial charge is 0.0159 e. The highest BCUT2D eigenvalue weighted by molar-refractivity contribution is 6.29. The van der Waals surface area contributed by atoms with E-state index in [2.05, 4.69) is 172 Å². The summed E-state index contributed by atoms with van der Waals surface area (Å²) in [5.74, 6) is 0. The Morgan fingerprint density at radius 1 is 0.340 bits per heavy atom. The molecule has 0 saturated heterocycles. The van der Waals surface area contributed by atoms with Gasteiger partial charge in [0, 0.05) is 5.41 Å². The fraction of sp³-hybridized carbons (Fsp3) is 0.0638. The first-order valence-corrected chi connectivity index (χ1v) is 16.6. The maximum atomic E-state index is 2.49. The van der Waals surface area contributed by atoms with Crippen molar-refractivity contribution in [3.63, 3.8) is 0 Å². The minimum Gasteiger partial charge on any atom is -0.0616 e. The van der Waals surface area contributed by atoms with E-state index in [-0.39, 0.29) is 5.41 Å². The van der Waals surface area contributed by atoms with E-state index < -0.39 is 0 Å². The summed E-state index contributed by atoms with van der Waals surface area (Å²) in [7, 11) is 0. The number of benzene rings is 9. The van der Waals surface area contributed by atoms with Crippen LogP contribution in [0.3, 0.4) is 0 Å². The van der Waals surface area contributed by atoms with Crippen LogP contribution < -0.4 is 0 Å². The molecule has 10 rings (SSSR count). The molecular formula is C47H32. The SMILES string of the molecule is CC1(C)c2ccc(-c3c4ccccc4c(-c4cccc5ccccc45)c4ccc5ccccc5c34)cc2-c2cccc3cccc1c23. The van der Waals surface area contributed by atoms with Crippen molar-refractivity contribution in [2.24, 2.45) is 0 Å². The lowest BCUT2D eigenvalue weighted by atomic mass is 9.68. The molecule has 0 bridgehead atoms. The maximum Gasteiger partial charge on any atom is 0.0159 e. The van der Waals surface area contributed by atoms with Crippen LogP contribution in [0.1, 0.15) is 25.0 Å². The summed E-state index contributed by atoms with van der Waals surface area (Å²) in [6, 6.07) is 59.0. The Morgan fingerprint density at radius 3 is 1.72 bits per heavy atom. The lowest BCUT2D eigenvalue weighted by Crippen LogP contribution is -2.23. The van der Waals surface area contributed by atoms with Crippen molar-refractivity contribution in [1.29, 1.82) is 0 Å². The molecule has 0 spiro atoms. The van der Waals surface area contributed by atoms with Crippen LogP contribution in [-0.4, -0.2) is 0 Å². The van der Waals surface area contributed by atoms with Gasteiger partial charge in [-0.05, 0) is 104 Å². The normalized spacial score (nSPS) is 13.5. The number of fused-ring (bicyclic) bond motifs is 7. The molecule has 9 aromatic carbocycles. The predicted molar refractivity (Wildman–Crippen MR) is 202 cm³/mol. The molecule has 0 aliphatic heterocycles. The predicted octanol–water partition coefficient (Wildman–Crippen LogP) is 13.1. The van der Waals surface area contributed by atoms with Gasteiger partial charge < -0.3 is 0 Å². The minimum atomic E-state index is -0.100. The molecule has 1 aliphatic carbocycles. The Kier molecular flexibility index (Phi) is 5.44. The Balaban J connectivity index is 1.38. The van der Waals surface area contributed by atoms with E-state index >= 15 is 0 Å². The summed E-state index contributed by atoms with van der Waals surface area (Å²) in [6.45, 7) is 4.76. The first-order valence-electron chi connectivity index (χ1n) is 16.6. The molecule has 0 aromatic heterocycles. The van der Waals surface area contributed by atoms with Crippen LogP contribution >= 0.6 is 0 Å². The Morgan fingerprint density at radius 2 is 0.936 bits per heavy atom. The van der Waals surface area contributed by atoms with Gasteiger partial charge in [0.1, 0.15) is 0 Å². The first kappa shape index (κ1) is 26.5. The Labute approximate surface area is 274 Å². The topological polar surface area (TPSA) is 0 Å². The zero-order chi connectivity index (χ0) is 31.3. The Bertz CT molecular complexity index is 2750. The maximum absolute atomic E-state index is 2.49. The zero-order valence-electron chi connectivity index (χ0n) is 26.5. The van der Waals surface area contributed by atoms with Gasteiger partial charge in [0.2, 0.25) is 0 Å². The first-order chi connectivity index (χ1) is 23.1. The molecule has 0 heterocycles. The van der Waals surface area contributed by atoms with Crippen LogP contribution in [0.4, 0.5) is 0 Å². The molecular weight excluding hydrogens is 565 g/mol. The molecule has 0 atom stereocenters. The van der Waals surface area contributed by atoms with Crippen molar-refractivity contribution in [2.45, 2.75) is 19.3 Å². The lowest BCUT2D eigenvalue weighted by molar-refractivity contribution is 0.645. The third kappa shape index (κ3) is 3.64. The van der Waals surface area contributed by atoms with Crippen LogP contribution in [0.15, 0.2) is 158 Å². The molecule has 0 heteroatoms. The van der Waals surface area contributed by atoms with Gasteiger partial charge in [0.25, 0.3) is 0 Å². The average Bonchev–Trinajstić information content (AvgIpc) is 3.12. The van der Waals surface area contributed by atoms with Gasteiger partial charge in [-0.1, -0.05) is 166 Å². The van der Waals surface area contributed by atoms with Crippen LogP contribution in [0.5, 0.6) is 0 Å². The highest BCUT2D eigenvalue weighted by atomic mass is 14.4. The summed E-state index contributed by atoms with van der Waals surface area (Å²) in [5.41, 5.74) is 10.5. The van der Waals surface area contributed by atoms with Crippen LogP contribution in [0, 0.1) is 0 Å². The van der Waals surface area contributed by atoms with Gasteiger partial charge in [-0.3, -0.25) is 0 Å². The van der Waals surface area contributed by atoms with Crippen molar-refractivity contribution in [1.82, 2.24) is 0 Å². The highest BCUT2D eigenvalue weighted by Crippen LogP contribution is 2.52. The van der Waals surface area contributed by atoms with E-state index in [1.165, 1.54) is 98.4 Å². The molecule has 9 aromatic rings. The van der Waals surface area contributed by atoms with E-state index in [4.69, 9.17) is 0 Å². The van der Waals surface area contributed by atoms with Gasteiger partial charge >= 0.3 is 0 Å². The monoisotopic (exact) mass is 596 g/mol. The molecule has 0 nitrogen and oxygen atoms in total. The van der Waals surface area contributed by atoms with E-state index in [1.54, 1.807) is 0 Å². The van der Waals surface area contributed by atoms with E-state index in [9.17, 15) is 0 Å². The van der Waals surface area contributed by atoms with Crippen molar-refractivity contribution in [3.8, 4) is 33.4 Å². The van der Waals surface area contributed by atoms with Gasteiger partial charge in [-0.2, -0.15) is 0 Å². The summed E-state index contributed by atoms with van der Waals surface area (Å²) in [5, 5.41) is 13.0. The highest BCUT2D eigenvalue weighted by Gasteiger charge is 2.33. The fourth-order valence-electron chi connectivity index (χ4n) is 8.68. The summed E-state index contributed by atoms with van der Waals surface area (Å²) >= 11 is 0. The van der Waals surface area contributed by atoms with E-state index in [0.29, 0.717) is 0 Å². The second-order valence-corrected chi connectivity index (χ2v) is 13.6. The third-order valence-electron chi connectivity index (χ3n) is 10.8. The number of rotatable bonds is 2. The molecule has 0 unspecified atom stereocenters. The molecule has 0 radical (unpaired) electrons. The summed E-state index contributed by atoms with van der Waals surface area (Å²) in [4.78, 5) is 0. The summed E-state index contributed by atoms with van der Waals surface area (Å²) in [6.07, 6.45) is 0. The molecule has 0 N–H and O–H groups in total. The van der Waals surface area contributed by atoms with Crippen molar-refractivity contribution in [3.05, 3.63) is 169 Å². The van der Waals surface area contributed by atoms with Gasteiger partial charge in [0.15, 0.2) is 0 Å². The second-order valence-electron chi connectivity index (χ2n) is 13.6. The fourth-order valence-corrected chi connectivity index (χ4v) is 8.68. The minimum absolute atomic E-state index is 0.100. The van der Waals surface area contributed by atoms with Gasteiger partial charge in [-0.15, -0.1) is 0 Å². The largest absolute Gasteiger partial charge is 0.0616 e. The standard InChI is InChI=1S/C47H32/c1-47(2)41-27-25-32(28-40(41)38-22-10-15-31-16-11-23-42(47)43(31)38)44-36-19-7-8-20-37(36)45(35-21-9-14-29-12-3-5-17-33(29)35)39-26-24-30-13-4-6-18-34(30)46(39)44/h3-28H,1-2H3. The van der Waals surface area contributed by atoms with E-state index in [0.717, 1.165) is 0 Å². The molecule has 47 heavy (non-hydrogen) atoms. The number of hydrogen-bond acceptors (Lipinski definition) is 0. The third-order valence-corrected chi connectivity index (χ3v) is 10.8. The van der Waals surface area contributed by atoms with Crippen molar-refractivity contribution >= 4 is 53.9 Å². The summed E-state index contributed by atoms with van der Waals surface area (Å²) < 4.78 is 0.